The van der Waals surface area contributed by atoms with Crippen molar-refractivity contribution in [1.82, 2.24) is 5.32 Å². The normalized spacial score (nSPS) is 11.7. The number of benzene rings is 1. The second-order valence-corrected chi connectivity index (χ2v) is 3.77. The number of methoxy groups -OCH3 is 1. The fraction of sp³-hybridized carbons (Fsp3) is 0.385. The topological polar surface area (TPSA) is 55.4 Å². The molecule has 92 valence electrons. The Morgan fingerprint density at radius 3 is 2.53 bits per heavy atom. The molecule has 1 unspecified atom stereocenters. The number of ether oxygens (including phenoxy) is 1. The summed E-state index contributed by atoms with van der Waals surface area (Å²) in [5.41, 5.74) is 1.46. The first-order valence-electron chi connectivity index (χ1n) is 5.54. The van der Waals surface area contributed by atoms with Crippen LogP contribution in [-0.2, 0) is 9.53 Å². The van der Waals surface area contributed by atoms with Crippen LogP contribution in [0.3, 0.4) is 0 Å². The molecule has 4 nitrogen and oxygen atoms in total. The van der Waals surface area contributed by atoms with Gasteiger partial charge in [0.25, 0.3) is 5.91 Å². The largest absolute Gasteiger partial charge is 0.467 e. The Morgan fingerprint density at radius 2 is 2.00 bits per heavy atom. The molecule has 0 aliphatic rings. The molecule has 0 bridgehead atoms. The smallest absolute Gasteiger partial charge is 0.328 e. The second-order valence-electron chi connectivity index (χ2n) is 3.77. The summed E-state index contributed by atoms with van der Waals surface area (Å²) in [5, 5.41) is 2.66. The highest BCUT2D eigenvalue weighted by atomic mass is 16.5. The predicted octanol–water partition coefficient (Wildman–Crippen LogP) is 1.68. The first-order chi connectivity index (χ1) is 8.10. The van der Waals surface area contributed by atoms with E-state index in [4.69, 9.17) is 0 Å². The number of hydrogen-bond acceptors (Lipinski definition) is 3. The number of nitrogens with one attached hydrogen (secondary N) is 1. The molecule has 0 saturated carbocycles. The summed E-state index contributed by atoms with van der Waals surface area (Å²) in [6, 6.07) is 6.65. The van der Waals surface area contributed by atoms with E-state index in [2.05, 4.69) is 10.1 Å². The zero-order valence-corrected chi connectivity index (χ0v) is 10.3. The summed E-state index contributed by atoms with van der Waals surface area (Å²) in [6.07, 6.45) is 0.504. The molecule has 0 aliphatic carbocycles. The highest BCUT2D eigenvalue weighted by Crippen LogP contribution is 2.07. The van der Waals surface area contributed by atoms with E-state index in [1.54, 1.807) is 12.1 Å². The molecule has 0 aliphatic heterocycles. The van der Waals surface area contributed by atoms with Crippen LogP contribution in [0.25, 0.3) is 0 Å². The minimum Gasteiger partial charge on any atom is -0.467 e. The number of hydrogen-bond donors (Lipinski definition) is 1. The van der Waals surface area contributed by atoms with Gasteiger partial charge >= 0.3 is 5.97 Å². The molecule has 1 rings (SSSR count). The Kier molecular flexibility index (Phi) is 4.69. The maximum absolute atomic E-state index is 11.9. The van der Waals surface area contributed by atoms with Crippen molar-refractivity contribution >= 4 is 11.9 Å². The molecular formula is C13H17NO3. The van der Waals surface area contributed by atoms with Crippen LogP contribution in [-0.4, -0.2) is 25.0 Å². The molecule has 0 heterocycles. The summed E-state index contributed by atoms with van der Waals surface area (Å²) in [6.45, 7) is 3.67. The average Bonchev–Trinajstić information content (AvgIpc) is 2.35. The van der Waals surface area contributed by atoms with Crippen molar-refractivity contribution in [2.75, 3.05) is 7.11 Å². The van der Waals surface area contributed by atoms with Crippen molar-refractivity contribution in [3.05, 3.63) is 35.4 Å². The molecule has 1 atom stereocenters. The molecule has 4 heteroatoms. The van der Waals surface area contributed by atoms with Crippen molar-refractivity contribution in [1.29, 1.82) is 0 Å². The minimum atomic E-state index is -0.591. The van der Waals surface area contributed by atoms with Gasteiger partial charge in [0.15, 0.2) is 0 Å². The number of rotatable bonds is 4. The van der Waals surface area contributed by atoms with Gasteiger partial charge in [0.1, 0.15) is 6.04 Å². The predicted molar refractivity (Wildman–Crippen MR) is 64.7 cm³/mol. The van der Waals surface area contributed by atoms with Crippen LogP contribution in [0.4, 0.5) is 0 Å². The molecule has 0 saturated heterocycles. The lowest BCUT2D eigenvalue weighted by Crippen LogP contribution is -2.41. The SMILES string of the molecule is CCC(NC(=O)c1ccccc1C)C(=O)OC. The number of esters is 1. The average molecular weight is 235 g/mol. The van der Waals surface area contributed by atoms with Crippen LogP contribution in [0.1, 0.15) is 29.3 Å². The maximum Gasteiger partial charge on any atom is 0.328 e. The highest BCUT2D eigenvalue weighted by Gasteiger charge is 2.20. The monoisotopic (exact) mass is 235 g/mol. The zero-order chi connectivity index (χ0) is 12.8. The first-order valence-corrected chi connectivity index (χ1v) is 5.54. The molecule has 1 aromatic carbocycles. The summed E-state index contributed by atoms with van der Waals surface area (Å²) in [5.74, 6) is -0.671. The lowest BCUT2D eigenvalue weighted by atomic mass is 10.1. The molecule has 1 aromatic rings. The summed E-state index contributed by atoms with van der Waals surface area (Å²) < 4.78 is 4.62. The van der Waals surface area contributed by atoms with Gasteiger partial charge in [-0.1, -0.05) is 25.1 Å². The molecular weight excluding hydrogens is 218 g/mol. The van der Waals surface area contributed by atoms with Crippen LogP contribution in [0.2, 0.25) is 0 Å². The number of carbonyl (C=O) groups excluding carboxylic acids is 2. The van der Waals surface area contributed by atoms with Gasteiger partial charge in [0, 0.05) is 5.56 Å². The third-order valence-electron chi connectivity index (χ3n) is 2.59. The van der Waals surface area contributed by atoms with E-state index in [0.29, 0.717) is 12.0 Å². The number of aryl methyl sites for hydroxylation is 1. The lowest BCUT2D eigenvalue weighted by Gasteiger charge is -2.15. The maximum atomic E-state index is 11.9. The van der Waals surface area contributed by atoms with E-state index >= 15 is 0 Å². The van der Waals surface area contributed by atoms with Crippen molar-refractivity contribution < 1.29 is 14.3 Å². The van der Waals surface area contributed by atoms with E-state index in [9.17, 15) is 9.59 Å². The molecule has 0 aromatic heterocycles. The Balaban J connectivity index is 2.78. The van der Waals surface area contributed by atoms with Crippen LogP contribution < -0.4 is 5.32 Å². The quantitative estimate of drug-likeness (QED) is 0.808. The van der Waals surface area contributed by atoms with Crippen LogP contribution >= 0.6 is 0 Å². The van der Waals surface area contributed by atoms with E-state index < -0.39 is 12.0 Å². The first kappa shape index (κ1) is 13.2. The van der Waals surface area contributed by atoms with Gasteiger partial charge in [0.05, 0.1) is 7.11 Å². The van der Waals surface area contributed by atoms with Crippen molar-refractivity contribution in [2.24, 2.45) is 0 Å². The standard InChI is InChI=1S/C13H17NO3/c1-4-11(13(16)17-3)14-12(15)10-8-6-5-7-9(10)2/h5-8,11H,4H2,1-3H3,(H,14,15). The molecule has 0 radical (unpaired) electrons. The highest BCUT2D eigenvalue weighted by molar-refractivity contribution is 5.97. The lowest BCUT2D eigenvalue weighted by molar-refractivity contribution is -0.142. The van der Waals surface area contributed by atoms with E-state index in [1.807, 2.05) is 26.0 Å². The van der Waals surface area contributed by atoms with Crippen molar-refractivity contribution in [2.45, 2.75) is 26.3 Å². The second kappa shape index (κ2) is 6.03. The van der Waals surface area contributed by atoms with Crippen molar-refractivity contribution in [3.63, 3.8) is 0 Å². The molecule has 17 heavy (non-hydrogen) atoms. The van der Waals surface area contributed by atoms with Gasteiger partial charge < -0.3 is 10.1 Å². The third kappa shape index (κ3) is 3.31. The summed E-state index contributed by atoms with van der Waals surface area (Å²) in [7, 11) is 1.31. The third-order valence-corrected chi connectivity index (χ3v) is 2.59. The molecule has 0 spiro atoms. The van der Waals surface area contributed by atoms with E-state index in [-0.39, 0.29) is 5.91 Å². The fourth-order valence-electron chi connectivity index (χ4n) is 1.53. The fourth-order valence-corrected chi connectivity index (χ4v) is 1.53. The van der Waals surface area contributed by atoms with Crippen LogP contribution in [0.15, 0.2) is 24.3 Å². The Morgan fingerprint density at radius 1 is 1.35 bits per heavy atom. The van der Waals surface area contributed by atoms with Crippen molar-refractivity contribution in [3.8, 4) is 0 Å². The van der Waals surface area contributed by atoms with E-state index in [1.165, 1.54) is 7.11 Å². The van der Waals surface area contributed by atoms with Gasteiger partial charge in [-0.25, -0.2) is 4.79 Å². The van der Waals surface area contributed by atoms with Crippen LogP contribution in [0, 0.1) is 6.92 Å². The van der Waals surface area contributed by atoms with Crippen LogP contribution in [0.5, 0.6) is 0 Å². The summed E-state index contributed by atoms with van der Waals surface area (Å²) in [4.78, 5) is 23.3. The van der Waals surface area contributed by atoms with Gasteiger partial charge in [-0.05, 0) is 25.0 Å². The molecule has 1 N–H and O–H groups in total. The zero-order valence-electron chi connectivity index (χ0n) is 10.3. The molecule has 0 fully saturated rings. The van der Waals surface area contributed by atoms with Gasteiger partial charge in [-0.3, -0.25) is 4.79 Å². The Bertz CT molecular complexity index is 415. The summed E-state index contributed by atoms with van der Waals surface area (Å²) >= 11 is 0. The minimum absolute atomic E-state index is 0.250. The molecule has 1 amide bonds. The Labute approximate surface area is 101 Å². The number of carbonyl (C=O) groups is 2. The van der Waals surface area contributed by atoms with Gasteiger partial charge in [-0.15, -0.1) is 0 Å². The van der Waals surface area contributed by atoms with Gasteiger partial charge in [-0.2, -0.15) is 0 Å². The Hall–Kier alpha value is -1.84. The van der Waals surface area contributed by atoms with E-state index in [0.717, 1.165) is 5.56 Å². The van der Waals surface area contributed by atoms with Gasteiger partial charge in [0.2, 0.25) is 0 Å². The number of amides is 1.